The SMILES string of the molecule is OCCNCCSc1nnc(-c2cccs2)o1. The van der Waals surface area contributed by atoms with Gasteiger partial charge in [0.15, 0.2) is 0 Å². The first-order valence-corrected chi connectivity index (χ1v) is 7.08. The molecule has 5 nitrogen and oxygen atoms in total. The number of nitrogens with one attached hydrogen (secondary N) is 1. The third-order valence-electron chi connectivity index (χ3n) is 1.93. The lowest BCUT2D eigenvalue weighted by Gasteiger charge is -1.98. The number of hydrogen-bond acceptors (Lipinski definition) is 7. The monoisotopic (exact) mass is 271 g/mol. The van der Waals surface area contributed by atoms with Crippen LogP contribution >= 0.6 is 23.1 Å². The molecule has 0 aliphatic carbocycles. The Bertz CT molecular complexity index is 430. The molecule has 17 heavy (non-hydrogen) atoms. The number of thiophene rings is 1. The summed E-state index contributed by atoms with van der Waals surface area (Å²) in [4.78, 5) is 0.989. The molecule has 2 rings (SSSR count). The van der Waals surface area contributed by atoms with Crippen LogP contribution in [0.15, 0.2) is 27.2 Å². The van der Waals surface area contributed by atoms with E-state index in [4.69, 9.17) is 9.52 Å². The number of hydrogen-bond donors (Lipinski definition) is 2. The van der Waals surface area contributed by atoms with Crippen molar-refractivity contribution in [3.05, 3.63) is 17.5 Å². The van der Waals surface area contributed by atoms with E-state index in [1.54, 1.807) is 11.3 Å². The molecule has 0 aromatic carbocycles. The topological polar surface area (TPSA) is 71.2 Å². The number of aliphatic hydroxyl groups excluding tert-OH is 1. The molecule has 0 aliphatic heterocycles. The molecule has 0 saturated heterocycles. The van der Waals surface area contributed by atoms with E-state index in [0.717, 1.165) is 17.2 Å². The van der Waals surface area contributed by atoms with Crippen LogP contribution in [-0.2, 0) is 0 Å². The summed E-state index contributed by atoms with van der Waals surface area (Å²) >= 11 is 3.09. The number of aliphatic hydroxyl groups is 1. The van der Waals surface area contributed by atoms with Gasteiger partial charge in [-0.3, -0.25) is 0 Å². The molecule has 0 spiro atoms. The maximum absolute atomic E-state index is 8.58. The fourth-order valence-electron chi connectivity index (χ4n) is 1.18. The Balaban J connectivity index is 1.79. The summed E-state index contributed by atoms with van der Waals surface area (Å²) in [5.74, 6) is 1.41. The molecular weight excluding hydrogens is 258 g/mol. The normalized spacial score (nSPS) is 10.9. The molecule has 0 atom stereocenters. The minimum atomic E-state index is 0.160. The van der Waals surface area contributed by atoms with Crippen LogP contribution in [0.2, 0.25) is 0 Å². The van der Waals surface area contributed by atoms with E-state index in [1.165, 1.54) is 11.8 Å². The Kier molecular flexibility index (Phi) is 4.99. The van der Waals surface area contributed by atoms with Gasteiger partial charge in [-0.25, -0.2) is 0 Å². The average Bonchev–Trinajstić information content (AvgIpc) is 2.99. The van der Waals surface area contributed by atoms with Gasteiger partial charge in [0, 0.05) is 18.8 Å². The van der Waals surface area contributed by atoms with Crippen molar-refractivity contribution in [1.29, 1.82) is 0 Å². The molecule has 0 unspecified atom stereocenters. The molecular formula is C10H13N3O2S2. The molecule has 2 N–H and O–H groups in total. The van der Waals surface area contributed by atoms with Gasteiger partial charge in [0.2, 0.25) is 0 Å². The summed E-state index contributed by atoms with van der Waals surface area (Å²) < 4.78 is 5.51. The van der Waals surface area contributed by atoms with Crippen LogP contribution < -0.4 is 5.32 Å². The third kappa shape index (κ3) is 3.81. The third-order valence-corrected chi connectivity index (χ3v) is 3.61. The summed E-state index contributed by atoms with van der Waals surface area (Å²) in [6.07, 6.45) is 0. The van der Waals surface area contributed by atoms with Crippen LogP contribution in [0.1, 0.15) is 0 Å². The van der Waals surface area contributed by atoms with Gasteiger partial charge in [-0.1, -0.05) is 17.8 Å². The maximum Gasteiger partial charge on any atom is 0.276 e. The van der Waals surface area contributed by atoms with Gasteiger partial charge in [-0.2, -0.15) is 0 Å². The molecule has 0 bridgehead atoms. The van der Waals surface area contributed by atoms with Crippen molar-refractivity contribution in [2.24, 2.45) is 0 Å². The first kappa shape index (κ1) is 12.6. The predicted octanol–water partition coefficient (Wildman–Crippen LogP) is 1.47. The van der Waals surface area contributed by atoms with Crippen molar-refractivity contribution >= 4 is 23.1 Å². The Morgan fingerprint density at radius 3 is 3.12 bits per heavy atom. The summed E-state index contributed by atoms with van der Waals surface area (Å²) in [5.41, 5.74) is 0. The molecule has 7 heteroatoms. The van der Waals surface area contributed by atoms with Gasteiger partial charge in [-0.15, -0.1) is 21.5 Å². The van der Waals surface area contributed by atoms with Crippen molar-refractivity contribution in [2.75, 3.05) is 25.4 Å². The van der Waals surface area contributed by atoms with Gasteiger partial charge in [0.25, 0.3) is 11.1 Å². The first-order chi connectivity index (χ1) is 8.40. The Morgan fingerprint density at radius 2 is 2.35 bits per heavy atom. The molecule has 92 valence electrons. The summed E-state index contributed by atoms with van der Waals surface area (Å²) in [7, 11) is 0. The number of nitrogens with zero attached hydrogens (tertiary/aromatic N) is 2. The van der Waals surface area contributed by atoms with E-state index in [9.17, 15) is 0 Å². The largest absolute Gasteiger partial charge is 0.410 e. The summed E-state index contributed by atoms with van der Waals surface area (Å²) in [6.45, 7) is 1.58. The van der Waals surface area contributed by atoms with Crippen LogP contribution in [0.5, 0.6) is 0 Å². The number of rotatable bonds is 7. The molecule has 0 fully saturated rings. The molecule has 0 aliphatic rings. The lowest BCUT2D eigenvalue weighted by molar-refractivity contribution is 0.294. The van der Waals surface area contributed by atoms with E-state index in [1.807, 2.05) is 17.5 Å². The highest BCUT2D eigenvalue weighted by Crippen LogP contribution is 2.26. The van der Waals surface area contributed by atoms with E-state index < -0.39 is 0 Å². The minimum Gasteiger partial charge on any atom is -0.410 e. The van der Waals surface area contributed by atoms with E-state index >= 15 is 0 Å². The highest BCUT2D eigenvalue weighted by atomic mass is 32.2. The fourth-order valence-corrected chi connectivity index (χ4v) is 2.48. The van der Waals surface area contributed by atoms with Crippen LogP contribution in [0.4, 0.5) is 0 Å². The molecule has 2 aromatic heterocycles. The highest BCUT2D eigenvalue weighted by molar-refractivity contribution is 7.99. The van der Waals surface area contributed by atoms with Gasteiger partial charge in [0.1, 0.15) is 0 Å². The number of aromatic nitrogens is 2. The van der Waals surface area contributed by atoms with E-state index in [-0.39, 0.29) is 6.61 Å². The maximum atomic E-state index is 8.58. The molecule has 2 aromatic rings. The quantitative estimate of drug-likeness (QED) is 0.587. The Labute approximate surface area is 107 Å². The van der Waals surface area contributed by atoms with Crippen molar-refractivity contribution in [2.45, 2.75) is 5.22 Å². The second kappa shape index (κ2) is 6.75. The lowest BCUT2D eigenvalue weighted by Crippen LogP contribution is -2.20. The number of thioether (sulfide) groups is 1. The van der Waals surface area contributed by atoms with Gasteiger partial charge in [0.05, 0.1) is 11.5 Å². The van der Waals surface area contributed by atoms with Gasteiger partial charge in [-0.05, 0) is 11.4 Å². The zero-order valence-corrected chi connectivity index (χ0v) is 10.8. The van der Waals surface area contributed by atoms with Crippen molar-refractivity contribution < 1.29 is 9.52 Å². The first-order valence-electron chi connectivity index (χ1n) is 5.22. The molecule has 0 saturated carbocycles. The second-order valence-electron chi connectivity index (χ2n) is 3.17. The van der Waals surface area contributed by atoms with Crippen LogP contribution in [-0.4, -0.2) is 40.8 Å². The van der Waals surface area contributed by atoms with Gasteiger partial charge >= 0.3 is 0 Å². The molecule has 0 radical (unpaired) electrons. The smallest absolute Gasteiger partial charge is 0.276 e. The van der Waals surface area contributed by atoms with Crippen molar-refractivity contribution in [1.82, 2.24) is 15.5 Å². The van der Waals surface area contributed by atoms with Crippen LogP contribution in [0.3, 0.4) is 0 Å². The van der Waals surface area contributed by atoms with Crippen molar-refractivity contribution in [3.63, 3.8) is 0 Å². The summed E-state index contributed by atoms with van der Waals surface area (Å²) in [6, 6.07) is 3.91. The molecule has 2 heterocycles. The minimum absolute atomic E-state index is 0.160. The van der Waals surface area contributed by atoms with Crippen LogP contribution in [0, 0.1) is 0 Å². The predicted molar refractivity (Wildman–Crippen MR) is 68.3 cm³/mol. The zero-order chi connectivity index (χ0) is 11.9. The second-order valence-corrected chi connectivity index (χ2v) is 5.17. The zero-order valence-electron chi connectivity index (χ0n) is 9.13. The van der Waals surface area contributed by atoms with E-state index in [0.29, 0.717) is 17.7 Å². The highest BCUT2D eigenvalue weighted by Gasteiger charge is 2.09. The standard InChI is InChI=1S/C10H13N3O2S2/c14-5-3-11-4-7-17-10-13-12-9(15-10)8-2-1-6-16-8/h1-2,6,11,14H,3-5,7H2. The Hall–Kier alpha value is -0.890. The Morgan fingerprint density at radius 1 is 1.41 bits per heavy atom. The van der Waals surface area contributed by atoms with E-state index in [2.05, 4.69) is 15.5 Å². The van der Waals surface area contributed by atoms with Crippen LogP contribution in [0.25, 0.3) is 10.8 Å². The average molecular weight is 271 g/mol. The van der Waals surface area contributed by atoms with Crippen molar-refractivity contribution in [3.8, 4) is 10.8 Å². The lowest BCUT2D eigenvalue weighted by atomic mass is 10.5. The summed E-state index contributed by atoms with van der Waals surface area (Å²) in [5, 5.41) is 22.2. The molecule has 0 amide bonds. The fraction of sp³-hybridized carbons (Fsp3) is 0.400. The van der Waals surface area contributed by atoms with Gasteiger partial charge < -0.3 is 14.8 Å².